The van der Waals surface area contributed by atoms with Crippen molar-refractivity contribution in [2.45, 2.75) is 58.4 Å². The lowest BCUT2D eigenvalue weighted by Gasteiger charge is -2.24. The molecule has 0 bridgehead atoms. The van der Waals surface area contributed by atoms with Crippen LogP contribution in [0, 0.1) is 5.41 Å². The fourth-order valence-corrected chi connectivity index (χ4v) is 2.71. The van der Waals surface area contributed by atoms with Crippen LogP contribution in [-0.2, 0) is 11.2 Å². The van der Waals surface area contributed by atoms with Gasteiger partial charge in [-0.2, -0.15) is 0 Å². The first-order valence-electron chi connectivity index (χ1n) is 9.89. The summed E-state index contributed by atoms with van der Waals surface area (Å²) < 4.78 is 49.5. The predicted octanol–water partition coefficient (Wildman–Crippen LogP) is 4.61. The molecule has 0 aromatic heterocycles. The summed E-state index contributed by atoms with van der Waals surface area (Å²) in [5, 5.41) is 0. The molecule has 1 aliphatic rings. The summed E-state index contributed by atoms with van der Waals surface area (Å²) in [6.45, 7) is -1.24. The average molecular weight is 281 g/mol. The Balaban J connectivity index is 2.05. The van der Waals surface area contributed by atoms with Gasteiger partial charge < -0.3 is 9.47 Å². The minimum Gasteiger partial charge on any atom is -0.493 e. The van der Waals surface area contributed by atoms with Gasteiger partial charge in [0, 0.05) is 25.8 Å². The smallest absolute Gasteiger partial charge is 0.119 e. The third kappa shape index (κ3) is 4.24. The summed E-state index contributed by atoms with van der Waals surface area (Å²) in [5.74, 6) is 0.752. The van der Waals surface area contributed by atoms with Crippen molar-refractivity contribution >= 4 is 0 Å². The van der Waals surface area contributed by atoms with Crippen LogP contribution < -0.4 is 4.74 Å². The third-order valence-electron chi connectivity index (χ3n) is 4.15. The second-order valence-electron chi connectivity index (χ2n) is 6.22. The summed E-state index contributed by atoms with van der Waals surface area (Å²) >= 11 is 0. The molecule has 1 saturated carbocycles. The molecule has 0 amide bonds. The van der Waals surface area contributed by atoms with Gasteiger partial charge in [0.25, 0.3) is 0 Å². The molecule has 1 atom stereocenters. The fraction of sp³-hybridized carbons (Fsp3) is 0.667. The van der Waals surface area contributed by atoms with Crippen molar-refractivity contribution in [2.75, 3.05) is 13.7 Å². The van der Waals surface area contributed by atoms with E-state index in [9.17, 15) is 0 Å². The van der Waals surface area contributed by atoms with Crippen LogP contribution in [0.1, 0.15) is 58.8 Å². The quantitative estimate of drug-likeness (QED) is 0.758. The second-order valence-corrected chi connectivity index (χ2v) is 6.22. The average Bonchev–Trinajstić information content (AvgIpc) is 2.97. The van der Waals surface area contributed by atoms with Crippen molar-refractivity contribution in [1.82, 2.24) is 0 Å². The van der Waals surface area contributed by atoms with E-state index in [4.69, 9.17) is 16.3 Å². The van der Waals surface area contributed by atoms with Crippen LogP contribution >= 0.6 is 0 Å². The molecule has 0 heterocycles. The van der Waals surface area contributed by atoms with E-state index in [1.165, 1.54) is 32.8 Å². The monoisotopic (exact) mass is 281 g/mol. The molecule has 2 rings (SSSR count). The van der Waals surface area contributed by atoms with E-state index in [1.54, 1.807) is 12.1 Å². The predicted molar refractivity (Wildman–Crippen MR) is 83.3 cm³/mol. The largest absolute Gasteiger partial charge is 0.493 e. The van der Waals surface area contributed by atoms with Crippen molar-refractivity contribution in [3.05, 3.63) is 29.8 Å². The Morgan fingerprint density at radius 1 is 1.25 bits per heavy atom. The first-order valence-corrected chi connectivity index (χ1v) is 7.23. The number of hydrogen-bond acceptors (Lipinski definition) is 2. The maximum absolute atomic E-state index is 7.69. The van der Waals surface area contributed by atoms with Crippen molar-refractivity contribution in [3.8, 4) is 5.75 Å². The highest BCUT2D eigenvalue weighted by Crippen LogP contribution is 2.37. The van der Waals surface area contributed by atoms with Gasteiger partial charge in [-0.05, 0) is 44.3 Å². The van der Waals surface area contributed by atoms with E-state index in [1.807, 2.05) is 12.1 Å². The molecule has 0 aliphatic heterocycles. The lowest BCUT2D eigenvalue weighted by molar-refractivity contribution is 0.0232. The van der Waals surface area contributed by atoms with Crippen LogP contribution in [0.2, 0.25) is 0 Å². The third-order valence-corrected chi connectivity index (χ3v) is 4.15. The molecule has 1 aliphatic carbocycles. The standard InChI is InChI=1S/C18H28O2/c1-17(2,19-4)13-15-7-9-16(10-8-15)20-14-18(3)11-5-6-12-18/h7-10H,5-6,11-14H2,1-4H3/i1D2,2D3. The van der Waals surface area contributed by atoms with Crippen molar-refractivity contribution in [1.29, 1.82) is 0 Å². The Labute approximate surface area is 130 Å². The number of ether oxygens (including phenoxy) is 2. The molecule has 0 spiro atoms. The zero-order valence-electron chi connectivity index (χ0n) is 17.4. The van der Waals surface area contributed by atoms with Crippen molar-refractivity contribution in [2.24, 2.45) is 5.41 Å². The topological polar surface area (TPSA) is 18.5 Å². The maximum Gasteiger partial charge on any atom is 0.119 e. The molecule has 1 aromatic rings. The van der Waals surface area contributed by atoms with E-state index in [0.29, 0.717) is 12.2 Å². The van der Waals surface area contributed by atoms with Crippen LogP contribution in [0.5, 0.6) is 5.75 Å². The SMILES string of the molecule is [2H]C([2H])C(Cc1ccc(OCC2(C)CCCC2)cc1)(OC)C([2H])([2H])[2H]. The minimum atomic E-state index is -2.55. The molecule has 1 aromatic carbocycles. The number of hydrogen-bond donors (Lipinski definition) is 0. The Morgan fingerprint density at radius 3 is 2.50 bits per heavy atom. The van der Waals surface area contributed by atoms with Crippen LogP contribution in [0.4, 0.5) is 0 Å². The molecular weight excluding hydrogens is 248 g/mol. The summed E-state index contributed by atoms with van der Waals surface area (Å²) in [4.78, 5) is 0. The van der Waals surface area contributed by atoms with Gasteiger partial charge in [-0.15, -0.1) is 0 Å². The van der Waals surface area contributed by atoms with Gasteiger partial charge in [0.2, 0.25) is 0 Å². The second kappa shape index (κ2) is 6.17. The molecule has 112 valence electrons. The summed E-state index contributed by atoms with van der Waals surface area (Å²) in [6.07, 6.45) is 4.88. The van der Waals surface area contributed by atoms with Gasteiger partial charge in [0.05, 0.1) is 12.2 Å². The highest BCUT2D eigenvalue weighted by molar-refractivity contribution is 5.28. The Bertz CT molecular complexity index is 550. The molecule has 20 heavy (non-hydrogen) atoms. The van der Waals surface area contributed by atoms with Gasteiger partial charge in [-0.3, -0.25) is 0 Å². The minimum absolute atomic E-state index is 0.0182. The van der Waals surface area contributed by atoms with E-state index in [-0.39, 0.29) is 11.8 Å². The van der Waals surface area contributed by atoms with Gasteiger partial charge in [0.1, 0.15) is 5.75 Å². The zero-order chi connectivity index (χ0) is 18.7. The highest BCUT2D eigenvalue weighted by atomic mass is 16.5. The number of methoxy groups -OCH3 is 1. The van der Waals surface area contributed by atoms with E-state index in [2.05, 4.69) is 6.92 Å². The maximum atomic E-state index is 7.69. The van der Waals surface area contributed by atoms with Gasteiger partial charge in [0.15, 0.2) is 0 Å². The van der Waals surface area contributed by atoms with Crippen LogP contribution in [0.25, 0.3) is 0 Å². The zero-order valence-corrected chi connectivity index (χ0v) is 12.4. The first-order chi connectivity index (χ1) is 11.6. The van der Waals surface area contributed by atoms with Crippen LogP contribution in [0.3, 0.4) is 0 Å². The van der Waals surface area contributed by atoms with Gasteiger partial charge >= 0.3 is 0 Å². The molecule has 2 nitrogen and oxygen atoms in total. The molecule has 2 heteroatoms. The molecule has 0 N–H and O–H groups in total. The Hall–Kier alpha value is -1.02. The first kappa shape index (κ1) is 9.83. The normalized spacial score (nSPS) is 25.1. The molecular formula is C18H28O2. The number of rotatable bonds is 6. The Morgan fingerprint density at radius 2 is 1.95 bits per heavy atom. The molecule has 1 fully saturated rings. The Kier molecular flexibility index (Phi) is 3.03. The summed E-state index contributed by atoms with van der Waals surface area (Å²) in [6, 6.07) is 7.20. The van der Waals surface area contributed by atoms with Crippen molar-refractivity contribution < 1.29 is 16.3 Å². The number of benzene rings is 1. The summed E-state index contributed by atoms with van der Waals surface area (Å²) in [7, 11) is 1.25. The van der Waals surface area contributed by atoms with Gasteiger partial charge in [-0.25, -0.2) is 0 Å². The van der Waals surface area contributed by atoms with E-state index in [0.717, 1.165) is 5.75 Å². The van der Waals surface area contributed by atoms with E-state index < -0.39 is 19.3 Å². The summed E-state index contributed by atoms with van der Waals surface area (Å²) in [5.41, 5.74) is -0.886. The van der Waals surface area contributed by atoms with Crippen LogP contribution in [-0.4, -0.2) is 19.3 Å². The van der Waals surface area contributed by atoms with Crippen LogP contribution in [0.15, 0.2) is 24.3 Å². The lowest BCUT2D eigenvalue weighted by atomic mass is 9.90. The highest BCUT2D eigenvalue weighted by Gasteiger charge is 2.29. The van der Waals surface area contributed by atoms with Crippen molar-refractivity contribution in [3.63, 3.8) is 0 Å². The van der Waals surface area contributed by atoms with E-state index >= 15 is 0 Å². The molecule has 1 unspecified atom stereocenters. The molecule has 0 saturated heterocycles. The lowest BCUT2D eigenvalue weighted by Crippen LogP contribution is -2.25. The fourth-order valence-electron chi connectivity index (χ4n) is 2.71. The molecule has 0 radical (unpaired) electrons. The van der Waals surface area contributed by atoms with Gasteiger partial charge in [-0.1, -0.05) is 31.9 Å².